The molecule has 3 rings (SSSR count). The maximum Gasteiger partial charge on any atom is 0.451 e. The number of fused-ring (bicyclic) bond motifs is 1. The van der Waals surface area contributed by atoms with Crippen molar-refractivity contribution in [3.05, 3.63) is 45.3 Å². The third-order valence-corrected chi connectivity index (χ3v) is 5.24. The van der Waals surface area contributed by atoms with Gasteiger partial charge in [0, 0.05) is 23.2 Å². The van der Waals surface area contributed by atoms with E-state index in [2.05, 4.69) is 22.2 Å². The van der Waals surface area contributed by atoms with E-state index in [1.165, 1.54) is 0 Å². The molecule has 28 heavy (non-hydrogen) atoms. The number of unbranched alkanes of at least 4 members (excludes halogenated alkanes) is 1. The molecule has 0 aliphatic carbocycles. The lowest BCUT2D eigenvalue weighted by Gasteiger charge is -2.22. The third kappa shape index (κ3) is 4.36. The summed E-state index contributed by atoms with van der Waals surface area (Å²) >= 11 is 12.2. The van der Waals surface area contributed by atoms with E-state index >= 15 is 0 Å². The van der Waals surface area contributed by atoms with Crippen LogP contribution in [0.3, 0.4) is 0 Å². The number of halogens is 5. The molecule has 1 unspecified atom stereocenters. The second-order valence-electron chi connectivity index (χ2n) is 6.76. The molecule has 9 heteroatoms. The molecule has 0 saturated heterocycles. The summed E-state index contributed by atoms with van der Waals surface area (Å²) in [6.07, 6.45) is -2.15. The fourth-order valence-corrected chi connectivity index (χ4v) is 3.80. The van der Waals surface area contributed by atoms with Crippen LogP contribution in [0.1, 0.15) is 49.8 Å². The second-order valence-corrected chi connectivity index (χ2v) is 7.60. The summed E-state index contributed by atoms with van der Waals surface area (Å²) in [6.45, 7) is 5.08. The van der Waals surface area contributed by atoms with Crippen molar-refractivity contribution < 1.29 is 13.2 Å². The number of hydrogen-bond acceptors (Lipinski definition) is 4. The molecule has 0 bridgehead atoms. The van der Waals surface area contributed by atoms with Crippen molar-refractivity contribution in [2.75, 3.05) is 18.0 Å². The number of alkyl halides is 3. The Balaban J connectivity index is 2.06. The smallest absolute Gasteiger partial charge is 0.324 e. The van der Waals surface area contributed by atoms with Crippen LogP contribution in [0.5, 0.6) is 0 Å². The Labute approximate surface area is 172 Å². The highest BCUT2D eigenvalue weighted by Gasteiger charge is 2.39. The number of rotatable bonds is 6. The van der Waals surface area contributed by atoms with Crippen molar-refractivity contribution >= 4 is 34.7 Å². The first-order valence-electron chi connectivity index (χ1n) is 9.16. The maximum atomic E-state index is 13.5. The highest BCUT2D eigenvalue weighted by atomic mass is 35.5. The van der Waals surface area contributed by atoms with Gasteiger partial charge in [-0.25, -0.2) is 9.97 Å². The average molecular weight is 433 g/mol. The molecular weight excluding hydrogens is 412 g/mol. The van der Waals surface area contributed by atoms with Gasteiger partial charge in [0.15, 0.2) is 0 Å². The van der Waals surface area contributed by atoms with Gasteiger partial charge in [-0.2, -0.15) is 13.2 Å². The standard InChI is InChI=1S/C19H21Cl2F3N4/c1-3-4-8-25-11(2)16-13-7-9-28(15-6-5-12(20)10-14(15)21)17(13)27-18(26-16)19(22,23)24/h5-6,10-11,25H,3-4,7-9H2,1-2H3. The normalized spacial score (nSPS) is 15.0. The zero-order valence-electron chi connectivity index (χ0n) is 15.6. The van der Waals surface area contributed by atoms with Crippen molar-refractivity contribution in [2.24, 2.45) is 0 Å². The van der Waals surface area contributed by atoms with Crippen molar-refractivity contribution in [1.29, 1.82) is 0 Å². The highest BCUT2D eigenvalue weighted by molar-refractivity contribution is 6.36. The van der Waals surface area contributed by atoms with Crippen LogP contribution in [0, 0.1) is 0 Å². The molecule has 1 aromatic carbocycles. The Morgan fingerprint density at radius 2 is 2.00 bits per heavy atom. The largest absolute Gasteiger partial charge is 0.451 e. The minimum atomic E-state index is -4.63. The first-order valence-corrected chi connectivity index (χ1v) is 9.92. The Morgan fingerprint density at radius 1 is 1.25 bits per heavy atom. The number of hydrogen-bond donors (Lipinski definition) is 1. The summed E-state index contributed by atoms with van der Waals surface area (Å²) in [4.78, 5) is 9.44. The van der Waals surface area contributed by atoms with Crippen molar-refractivity contribution in [1.82, 2.24) is 15.3 Å². The topological polar surface area (TPSA) is 41.1 Å². The Morgan fingerprint density at radius 3 is 2.64 bits per heavy atom. The molecule has 0 amide bonds. The van der Waals surface area contributed by atoms with Gasteiger partial charge in [0.2, 0.25) is 5.82 Å². The molecule has 152 valence electrons. The van der Waals surface area contributed by atoms with Gasteiger partial charge in [-0.1, -0.05) is 36.5 Å². The molecule has 1 aromatic heterocycles. The van der Waals surface area contributed by atoms with Crippen LogP contribution < -0.4 is 10.2 Å². The number of nitrogens with zero attached hydrogens (tertiary/aromatic N) is 3. The van der Waals surface area contributed by atoms with E-state index < -0.39 is 12.0 Å². The minimum absolute atomic E-state index is 0.255. The monoisotopic (exact) mass is 432 g/mol. The Bertz CT molecular complexity index is 858. The van der Waals surface area contributed by atoms with Crippen LogP contribution in [0.2, 0.25) is 10.0 Å². The Kier molecular flexibility index (Phi) is 6.37. The zero-order valence-corrected chi connectivity index (χ0v) is 17.1. The van der Waals surface area contributed by atoms with Gasteiger partial charge >= 0.3 is 6.18 Å². The van der Waals surface area contributed by atoms with Crippen LogP contribution in [0.25, 0.3) is 0 Å². The molecule has 0 saturated carbocycles. The van der Waals surface area contributed by atoms with E-state index in [1.54, 1.807) is 23.1 Å². The van der Waals surface area contributed by atoms with Crippen LogP contribution in [-0.4, -0.2) is 23.1 Å². The quantitative estimate of drug-likeness (QED) is 0.572. The molecule has 1 aliphatic heterocycles. The number of aromatic nitrogens is 2. The summed E-state index contributed by atoms with van der Waals surface area (Å²) in [6, 6.07) is 4.60. The van der Waals surface area contributed by atoms with Gasteiger partial charge in [0.05, 0.1) is 16.4 Å². The molecule has 2 heterocycles. The van der Waals surface area contributed by atoms with Crippen LogP contribution in [-0.2, 0) is 12.6 Å². The molecule has 4 nitrogen and oxygen atoms in total. The van der Waals surface area contributed by atoms with E-state index in [4.69, 9.17) is 23.2 Å². The highest BCUT2D eigenvalue weighted by Crippen LogP contribution is 2.41. The lowest BCUT2D eigenvalue weighted by molar-refractivity contribution is -0.145. The fourth-order valence-electron chi connectivity index (χ4n) is 3.29. The summed E-state index contributed by atoms with van der Waals surface area (Å²) in [5.41, 5.74) is 1.69. The Hall–Kier alpha value is -1.57. The summed E-state index contributed by atoms with van der Waals surface area (Å²) < 4.78 is 40.4. The van der Waals surface area contributed by atoms with Gasteiger partial charge < -0.3 is 10.2 Å². The van der Waals surface area contributed by atoms with E-state index in [-0.39, 0.29) is 11.9 Å². The first-order chi connectivity index (χ1) is 13.2. The number of nitrogens with one attached hydrogen (secondary N) is 1. The zero-order chi connectivity index (χ0) is 20.5. The number of benzene rings is 1. The molecule has 0 fully saturated rings. The first kappa shape index (κ1) is 21.1. The van der Waals surface area contributed by atoms with Gasteiger partial charge in [0.1, 0.15) is 5.82 Å². The average Bonchev–Trinajstić information content (AvgIpc) is 3.04. The second kappa shape index (κ2) is 8.43. The molecule has 0 radical (unpaired) electrons. The lowest BCUT2D eigenvalue weighted by Crippen LogP contribution is -2.24. The molecule has 1 atom stereocenters. The van der Waals surface area contributed by atoms with Crippen LogP contribution in [0.4, 0.5) is 24.7 Å². The molecule has 2 aromatic rings. The van der Waals surface area contributed by atoms with Crippen molar-refractivity contribution in [3.63, 3.8) is 0 Å². The molecular formula is C19H21Cl2F3N4. The summed E-state index contributed by atoms with van der Waals surface area (Å²) in [5.74, 6) is -0.881. The van der Waals surface area contributed by atoms with Crippen LogP contribution in [0.15, 0.2) is 18.2 Å². The van der Waals surface area contributed by atoms with Gasteiger partial charge in [0.25, 0.3) is 0 Å². The van der Waals surface area contributed by atoms with E-state index in [0.29, 0.717) is 40.9 Å². The fraction of sp³-hybridized carbons (Fsp3) is 0.474. The van der Waals surface area contributed by atoms with E-state index in [1.807, 2.05) is 6.92 Å². The van der Waals surface area contributed by atoms with Crippen molar-refractivity contribution in [3.8, 4) is 0 Å². The third-order valence-electron chi connectivity index (χ3n) is 4.70. The predicted molar refractivity (Wildman–Crippen MR) is 106 cm³/mol. The van der Waals surface area contributed by atoms with E-state index in [9.17, 15) is 13.2 Å². The SMILES string of the molecule is CCCCNC(C)c1nc(C(F)(F)F)nc2c1CCN2c1ccc(Cl)cc1Cl. The van der Waals surface area contributed by atoms with Crippen molar-refractivity contribution in [2.45, 2.75) is 45.3 Å². The predicted octanol–water partition coefficient (Wildman–Crippen LogP) is 5.95. The lowest BCUT2D eigenvalue weighted by atomic mass is 10.1. The molecule has 1 N–H and O–H groups in total. The number of anilines is 2. The minimum Gasteiger partial charge on any atom is -0.324 e. The summed E-state index contributed by atoms with van der Waals surface area (Å²) in [7, 11) is 0. The van der Waals surface area contributed by atoms with Gasteiger partial charge in [-0.15, -0.1) is 0 Å². The van der Waals surface area contributed by atoms with Gasteiger partial charge in [-0.05, 0) is 44.5 Å². The van der Waals surface area contributed by atoms with Gasteiger partial charge in [-0.3, -0.25) is 0 Å². The molecule has 0 spiro atoms. The van der Waals surface area contributed by atoms with E-state index in [0.717, 1.165) is 18.4 Å². The van der Waals surface area contributed by atoms with Crippen LogP contribution >= 0.6 is 23.2 Å². The summed E-state index contributed by atoms with van der Waals surface area (Å²) in [5, 5.41) is 4.09. The maximum absolute atomic E-state index is 13.5. The molecule has 1 aliphatic rings.